The van der Waals surface area contributed by atoms with Gasteiger partial charge in [-0.1, -0.05) is 23.7 Å². The van der Waals surface area contributed by atoms with Crippen LogP contribution >= 0.6 is 11.6 Å². The number of carbonyl (C=O) groups is 1. The van der Waals surface area contributed by atoms with Crippen LogP contribution < -0.4 is 4.72 Å². The lowest BCUT2D eigenvalue weighted by Gasteiger charge is -2.13. The number of hydrogen-bond acceptors (Lipinski definition) is 4. The second kappa shape index (κ2) is 5.78. The van der Waals surface area contributed by atoms with E-state index in [0.29, 0.717) is 11.3 Å². The van der Waals surface area contributed by atoms with Crippen molar-refractivity contribution in [3.63, 3.8) is 0 Å². The molecule has 0 aliphatic carbocycles. The molecule has 0 bridgehead atoms. The molecule has 0 saturated heterocycles. The Kier molecular flexibility index (Phi) is 4.27. The summed E-state index contributed by atoms with van der Waals surface area (Å²) in [5.41, 5.74) is 0.764. The van der Waals surface area contributed by atoms with Gasteiger partial charge in [0.1, 0.15) is 0 Å². The van der Waals surface area contributed by atoms with Crippen molar-refractivity contribution in [3.05, 3.63) is 52.7 Å². The van der Waals surface area contributed by atoms with E-state index in [1.807, 2.05) is 0 Å². The first-order valence-corrected chi connectivity index (χ1v) is 7.61. The molecule has 1 aromatic heterocycles. The average Bonchev–Trinajstić information content (AvgIpc) is 2.88. The SMILES string of the molecule is CC(NS(=O)(=O)c1ccc(C=O)o1)c1ccc(Cl)cc1. The normalized spacial score (nSPS) is 13.1. The van der Waals surface area contributed by atoms with Crippen LogP contribution in [0.1, 0.15) is 29.1 Å². The molecule has 1 aromatic carbocycles. The van der Waals surface area contributed by atoms with Crippen molar-refractivity contribution in [2.45, 2.75) is 18.1 Å². The smallest absolute Gasteiger partial charge is 0.274 e. The predicted octanol–water partition coefficient (Wildman–Crippen LogP) is 2.79. The fourth-order valence-electron chi connectivity index (χ4n) is 1.65. The van der Waals surface area contributed by atoms with Crippen LogP contribution in [-0.2, 0) is 10.0 Å². The van der Waals surface area contributed by atoms with Crippen LogP contribution in [0.25, 0.3) is 0 Å². The van der Waals surface area contributed by atoms with Gasteiger partial charge in [-0.05, 0) is 36.8 Å². The lowest BCUT2D eigenvalue weighted by molar-refractivity contribution is 0.109. The molecule has 1 heterocycles. The first-order valence-electron chi connectivity index (χ1n) is 5.75. The Morgan fingerprint density at radius 3 is 2.40 bits per heavy atom. The summed E-state index contributed by atoms with van der Waals surface area (Å²) in [6.45, 7) is 1.70. The summed E-state index contributed by atoms with van der Waals surface area (Å²) in [7, 11) is -3.82. The van der Waals surface area contributed by atoms with E-state index in [1.165, 1.54) is 12.1 Å². The van der Waals surface area contributed by atoms with Crippen LogP contribution in [0.5, 0.6) is 0 Å². The maximum Gasteiger partial charge on any atom is 0.274 e. The summed E-state index contributed by atoms with van der Waals surface area (Å²) in [4.78, 5) is 10.5. The number of halogens is 1. The number of sulfonamides is 1. The van der Waals surface area contributed by atoms with Crippen LogP contribution in [0.3, 0.4) is 0 Å². The Bertz CT molecular complexity index is 706. The maximum absolute atomic E-state index is 12.1. The van der Waals surface area contributed by atoms with E-state index in [4.69, 9.17) is 16.0 Å². The minimum Gasteiger partial charge on any atom is -0.440 e. The van der Waals surface area contributed by atoms with Crippen LogP contribution in [-0.4, -0.2) is 14.7 Å². The number of benzene rings is 1. The van der Waals surface area contributed by atoms with Crippen molar-refractivity contribution in [2.24, 2.45) is 0 Å². The van der Waals surface area contributed by atoms with E-state index in [9.17, 15) is 13.2 Å². The standard InChI is InChI=1S/C13H12ClNO4S/c1-9(10-2-4-11(14)5-3-10)15-20(17,18)13-7-6-12(8-16)19-13/h2-9,15H,1H3. The second-order valence-electron chi connectivity index (χ2n) is 4.17. The maximum atomic E-state index is 12.1. The third-order valence-corrected chi connectivity index (χ3v) is 4.35. The summed E-state index contributed by atoms with van der Waals surface area (Å²) in [6.07, 6.45) is 0.446. The van der Waals surface area contributed by atoms with Crippen molar-refractivity contribution in [3.8, 4) is 0 Å². The molecule has 2 aromatic rings. The van der Waals surface area contributed by atoms with Gasteiger partial charge in [-0.2, -0.15) is 0 Å². The summed E-state index contributed by atoms with van der Waals surface area (Å²) in [5, 5.41) is 0.283. The highest BCUT2D eigenvalue weighted by atomic mass is 35.5. The second-order valence-corrected chi connectivity index (χ2v) is 6.25. The van der Waals surface area contributed by atoms with Crippen LogP contribution in [0.15, 0.2) is 45.9 Å². The van der Waals surface area contributed by atoms with Gasteiger partial charge in [-0.25, -0.2) is 13.1 Å². The van der Waals surface area contributed by atoms with Gasteiger partial charge in [0.2, 0.25) is 5.09 Å². The highest BCUT2D eigenvalue weighted by Crippen LogP contribution is 2.20. The van der Waals surface area contributed by atoms with Gasteiger partial charge in [0.05, 0.1) is 0 Å². The van der Waals surface area contributed by atoms with Crippen molar-refractivity contribution in [1.29, 1.82) is 0 Å². The van der Waals surface area contributed by atoms with Crippen molar-refractivity contribution < 1.29 is 17.6 Å². The molecule has 1 N–H and O–H groups in total. The van der Waals surface area contributed by atoms with Gasteiger partial charge in [0.15, 0.2) is 12.0 Å². The molecule has 0 aliphatic heterocycles. The van der Waals surface area contributed by atoms with Crippen LogP contribution in [0.4, 0.5) is 0 Å². The molecule has 1 atom stereocenters. The topological polar surface area (TPSA) is 76.4 Å². The average molecular weight is 314 g/mol. The zero-order chi connectivity index (χ0) is 14.8. The van der Waals surface area contributed by atoms with Gasteiger partial charge in [0, 0.05) is 11.1 Å². The van der Waals surface area contributed by atoms with E-state index < -0.39 is 16.1 Å². The van der Waals surface area contributed by atoms with Crippen molar-refractivity contribution in [2.75, 3.05) is 0 Å². The molecule has 0 saturated carbocycles. The molecule has 5 nitrogen and oxygen atoms in total. The molecular formula is C13H12ClNO4S. The van der Waals surface area contributed by atoms with Crippen molar-refractivity contribution in [1.82, 2.24) is 4.72 Å². The molecule has 0 amide bonds. The van der Waals surface area contributed by atoms with E-state index in [0.717, 1.165) is 5.56 Å². The van der Waals surface area contributed by atoms with E-state index in [1.54, 1.807) is 31.2 Å². The van der Waals surface area contributed by atoms with Crippen molar-refractivity contribution >= 4 is 27.9 Å². The quantitative estimate of drug-likeness (QED) is 0.861. The zero-order valence-electron chi connectivity index (χ0n) is 10.5. The van der Waals surface area contributed by atoms with E-state index in [2.05, 4.69) is 4.72 Å². The van der Waals surface area contributed by atoms with Gasteiger partial charge in [-0.15, -0.1) is 0 Å². The molecule has 0 fully saturated rings. The zero-order valence-corrected chi connectivity index (χ0v) is 12.1. The van der Waals surface area contributed by atoms with E-state index >= 15 is 0 Å². The highest BCUT2D eigenvalue weighted by Gasteiger charge is 2.22. The lowest BCUT2D eigenvalue weighted by atomic mass is 10.1. The Morgan fingerprint density at radius 1 is 1.20 bits per heavy atom. The summed E-state index contributed by atoms with van der Waals surface area (Å²) in [5.74, 6) is -0.0375. The molecule has 2 rings (SSSR count). The third kappa shape index (κ3) is 3.27. The Labute approximate surface area is 121 Å². The molecule has 1 unspecified atom stereocenters. The van der Waals surface area contributed by atoms with Gasteiger partial charge >= 0.3 is 0 Å². The summed E-state index contributed by atoms with van der Waals surface area (Å²) >= 11 is 5.78. The lowest BCUT2D eigenvalue weighted by Crippen LogP contribution is -2.26. The number of hydrogen-bond donors (Lipinski definition) is 1. The molecular weight excluding hydrogens is 302 g/mol. The summed E-state index contributed by atoms with van der Waals surface area (Å²) in [6, 6.07) is 8.90. The first kappa shape index (κ1) is 14.8. The molecule has 7 heteroatoms. The van der Waals surface area contributed by atoms with E-state index in [-0.39, 0.29) is 10.9 Å². The molecule has 0 radical (unpaired) electrons. The Hall–Kier alpha value is -1.63. The van der Waals surface area contributed by atoms with Gasteiger partial charge in [-0.3, -0.25) is 4.79 Å². The minimum atomic E-state index is -3.82. The monoisotopic (exact) mass is 313 g/mol. The molecule has 0 aliphatic rings. The third-order valence-electron chi connectivity index (χ3n) is 2.69. The predicted molar refractivity (Wildman–Crippen MR) is 74.3 cm³/mol. The number of rotatable bonds is 5. The Balaban J connectivity index is 2.19. The molecule has 20 heavy (non-hydrogen) atoms. The number of furan rings is 1. The van der Waals surface area contributed by atoms with Crippen LogP contribution in [0, 0.1) is 0 Å². The fraction of sp³-hybridized carbons (Fsp3) is 0.154. The molecule has 0 spiro atoms. The molecule has 106 valence electrons. The number of nitrogens with one attached hydrogen (secondary N) is 1. The largest absolute Gasteiger partial charge is 0.440 e. The van der Waals surface area contributed by atoms with Gasteiger partial charge < -0.3 is 4.42 Å². The number of aldehydes is 1. The Morgan fingerprint density at radius 2 is 1.85 bits per heavy atom. The number of carbonyl (C=O) groups excluding carboxylic acids is 1. The summed E-state index contributed by atoms with van der Waals surface area (Å²) < 4.78 is 31.5. The van der Waals surface area contributed by atoms with Gasteiger partial charge in [0.25, 0.3) is 10.0 Å². The first-order chi connectivity index (χ1) is 9.42. The highest BCUT2D eigenvalue weighted by molar-refractivity contribution is 7.89. The minimum absolute atomic E-state index is 0.0375. The fourth-order valence-corrected chi connectivity index (χ4v) is 2.95. The van der Waals surface area contributed by atoms with Crippen LogP contribution in [0.2, 0.25) is 5.02 Å².